The Morgan fingerprint density at radius 1 is 1.09 bits per heavy atom. The van der Waals surface area contributed by atoms with Crippen LogP contribution in [0.1, 0.15) is 22.8 Å². The maximum absolute atomic E-state index is 12.1. The normalized spacial score (nSPS) is 10.1. The van der Waals surface area contributed by atoms with Crippen LogP contribution in [0.15, 0.2) is 42.5 Å². The zero-order valence-electron chi connectivity index (χ0n) is 11.8. The SMILES string of the molecule is CCc1cc(Cl)ccc1NC(=S)NC(=O)c1ccc(Cl)cc1. The summed E-state index contributed by atoms with van der Waals surface area (Å²) in [5.41, 5.74) is 2.34. The van der Waals surface area contributed by atoms with Gasteiger partial charge in [-0.25, -0.2) is 0 Å². The molecule has 0 unspecified atom stereocenters. The monoisotopic (exact) mass is 352 g/mol. The number of thiocarbonyl (C=S) groups is 1. The lowest BCUT2D eigenvalue weighted by Gasteiger charge is -2.13. The first kappa shape index (κ1) is 16.7. The van der Waals surface area contributed by atoms with E-state index in [9.17, 15) is 4.79 Å². The number of halogens is 2. The predicted molar refractivity (Wildman–Crippen MR) is 96.0 cm³/mol. The first-order valence-corrected chi connectivity index (χ1v) is 7.82. The maximum atomic E-state index is 12.1. The van der Waals surface area contributed by atoms with Crippen LogP contribution in [0.25, 0.3) is 0 Å². The van der Waals surface area contributed by atoms with Crippen LogP contribution in [0.3, 0.4) is 0 Å². The molecule has 2 N–H and O–H groups in total. The van der Waals surface area contributed by atoms with Crippen molar-refractivity contribution in [2.24, 2.45) is 0 Å². The van der Waals surface area contributed by atoms with E-state index in [4.69, 9.17) is 35.4 Å². The van der Waals surface area contributed by atoms with E-state index in [1.807, 2.05) is 19.1 Å². The van der Waals surface area contributed by atoms with E-state index in [1.54, 1.807) is 30.3 Å². The van der Waals surface area contributed by atoms with Crippen molar-refractivity contribution >= 4 is 52.1 Å². The Morgan fingerprint density at radius 3 is 2.36 bits per heavy atom. The van der Waals surface area contributed by atoms with Crippen molar-refractivity contribution in [1.82, 2.24) is 5.32 Å². The lowest BCUT2D eigenvalue weighted by molar-refractivity contribution is 0.0978. The van der Waals surface area contributed by atoms with Gasteiger partial charge in [-0.1, -0.05) is 30.1 Å². The van der Waals surface area contributed by atoms with Crippen LogP contribution in [0.4, 0.5) is 5.69 Å². The predicted octanol–water partition coefficient (Wildman–Crippen LogP) is 4.68. The molecule has 0 saturated heterocycles. The number of nitrogens with one attached hydrogen (secondary N) is 2. The van der Waals surface area contributed by atoms with Gasteiger partial charge in [-0.2, -0.15) is 0 Å². The quantitative estimate of drug-likeness (QED) is 0.787. The van der Waals surface area contributed by atoms with Crippen molar-refractivity contribution in [2.75, 3.05) is 5.32 Å². The van der Waals surface area contributed by atoms with E-state index in [1.165, 1.54) is 0 Å². The summed E-state index contributed by atoms with van der Waals surface area (Å²) in [5, 5.41) is 7.12. The van der Waals surface area contributed by atoms with Crippen LogP contribution in [-0.4, -0.2) is 11.0 Å². The second kappa shape index (κ2) is 7.58. The molecule has 0 fully saturated rings. The second-order valence-corrected chi connectivity index (χ2v) is 5.85. The van der Waals surface area contributed by atoms with E-state index < -0.39 is 0 Å². The summed E-state index contributed by atoms with van der Waals surface area (Å²) in [6.45, 7) is 2.02. The van der Waals surface area contributed by atoms with Crippen LogP contribution in [0.5, 0.6) is 0 Å². The molecule has 0 spiro atoms. The van der Waals surface area contributed by atoms with Gasteiger partial charge in [-0.3, -0.25) is 10.1 Å². The molecule has 0 saturated carbocycles. The van der Waals surface area contributed by atoms with E-state index in [0.717, 1.165) is 17.7 Å². The van der Waals surface area contributed by atoms with E-state index in [-0.39, 0.29) is 11.0 Å². The van der Waals surface area contributed by atoms with E-state index in [0.29, 0.717) is 15.6 Å². The third-order valence-corrected chi connectivity index (χ3v) is 3.72. The Morgan fingerprint density at radius 2 is 1.73 bits per heavy atom. The fourth-order valence-electron chi connectivity index (χ4n) is 1.91. The topological polar surface area (TPSA) is 41.1 Å². The Labute approximate surface area is 144 Å². The molecule has 0 bridgehead atoms. The van der Waals surface area contributed by atoms with Gasteiger partial charge in [-0.15, -0.1) is 0 Å². The van der Waals surface area contributed by atoms with Crippen molar-refractivity contribution in [2.45, 2.75) is 13.3 Å². The number of rotatable bonds is 3. The van der Waals surface area contributed by atoms with Gasteiger partial charge in [-0.05, 0) is 66.7 Å². The van der Waals surface area contributed by atoms with Gasteiger partial charge in [0, 0.05) is 21.3 Å². The van der Waals surface area contributed by atoms with Gasteiger partial charge in [0.1, 0.15) is 0 Å². The lowest BCUT2D eigenvalue weighted by Crippen LogP contribution is -2.34. The summed E-state index contributed by atoms with van der Waals surface area (Å²) in [6, 6.07) is 12.1. The maximum Gasteiger partial charge on any atom is 0.257 e. The molecule has 0 aliphatic carbocycles. The minimum Gasteiger partial charge on any atom is -0.332 e. The fraction of sp³-hybridized carbons (Fsp3) is 0.125. The van der Waals surface area contributed by atoms with Gasteiger partial charge in [0.15, 0.2) is 5.11 Å². The minimum atomic E-state index is -0.291. The molecule has 2 rings (SSSR count). The zero-order chi connectivity index (χ0) is 16.1. The third kappa shape index (κ3) is 4.44. The van der Waals surface area contributed by atoms with Crippen LogP contribution in [-0.2, 0) is 6.42 Å². The summed E-state index contributed by atoms with van der Waals surface area (Å²) in [7, 11) is 0. The first-order valence-electron chi connectivity index (χ1n) is 6.66. The highest BCUT2D eigenvalue weighted by molar-refractivity contribution is 7.80. The molecule has 0 radical (unpaired) electrons. The summed E-state index contributed by atoms with van der Waals surface area (Å²) in [5.74, 6) is -0.291. The molecule has 0 aromatic heterocycles. The van der Waals surface area contributed by atoms with Crippen molar-refractivity contribution in [1.29, 1.82) is 0 Å². The molecule has 114 valence electrons. The van der Waals surface area contributed by atoms with Crippen LogP contribution in [0, 0.1) is 0 Å². The molecular weight excluding hydrogens is 339 g/mol. The molecule has 1 amide bonds. The smallest absolute Gasteiger partial charge is 0.257 e. The summed E-state index contributed by atoms with van der Waals surface area (Å²) in [6.07, 6.45) is 0.802. The third-order valence-electron chi connectivity index (χ3n) is 3.03. The van der Waals surface area contributed by atoms with Gasteiger partial charge in [0.05, 0.1) is 0 Å². The van der Waals surface area contributed by atoms with E-state index >= 15 is 0 Å². The van der Waals surface area contributed by atoms with Crippen molar-refractivity contribution in [3.05, 3.63) is 63.6 Å². The number of carbonyl (C=O) groups excluding carboxylic acids is 1. The number of carbonyl (C=O) groups is 1. The van der Waals surface area contributed by atoms with E-state index in [2.05, 4.69) is 10.6 Å². The Balaban J connectivity index is 2.04. The first-order chi connectivity index (χ1) is 10.5. The van der Waals surface area contributed by atoms with Crippen LogP contribution >= 0.6 is 35.4 Å². The minimum absolute atomic E-state index is 0.233. The highest BCUT2D eigenvalue weighted by atomic mass is 35.5. The van der Waals surface area contributed by atoms with Gasteiger partial charge >= 0.3 is 0 Å². The molecule has 2 aromatic rings. The van der Waals surface area contributed by atoms with Crippen molar-refractivity contribution < 1.29 is 4.79 Å². The van der Waals surface area contributed by atoms with Gasteiger partial charge in [0.2, 0.25) is 0 Å². The molecule has 3 nitrogen and oxygen atoms in total. The molecule has 0 heterocycles. The Bertz CT molecular complexity index is 702. The molecule has 2 aromatic carbocycles. The number of anilines is 1. The number of hydrogen-bond donors (Lipinski definition) is 2. The molecular formula is C16H14Cl2N2OS. The highest BCUT2D eigenvalue weighted by Crippen LogP contribution is 2.21. The van der Waals surface area contributed by atoms with Crippen molar-refractivity contribution in [3.63, 3.8) is 0 Å². The summed E-state index contributed by atoms with van der Waals surface area (Å²) >= 11 is 16.9. The Hall–Kier alpha value is -1.62. The molecule has 0 aliphatic rings. The fourth-order valence-corrected chi connectivity index (χ4v) is 2.43. The average Bonchev–Trinajstić information content (AvgIpc) is 2.49. The number of aryl methyl sites for hydroxylation is 1. The number of amides is 1. The summed E-state index contributed by atoms with van der Waals surface area (Å²) in [4.78, 5) is 12.1. The largest absolute Gasteiger partial charge is 0.332 e. The lowest BCUT2D eigenvalue weighted by atomic mass is 10.1. The highest BCUT2D eigenvalue weighted by Gasteiger charge is 2.09. The average molecular weight is 353 g/mol. The van der Waals surface area contributed by atoms with Gasteiger partial charge < -0.3 is 5.32 Å². The molecule has 6 heteroatoms. The van der Waals surface area contributed by atoms with Gasteiger partial charge in [0.25, 0.3) is 5.91 Å². The Kier molecular flexibility index (Phi) is 5.77. The number of benzene rings is 2. The molecule has 0 atom stereocenters. The van der Waals surface area contributed by atoms with Crippen LogP contribution in [0.2, 0.25) is 10.0 Å². The molecule has 22 heavy (non-hydrogen) atoms. The number of hydrogen-bond acceptors (Lipinski definition) is 2. The standard InChI is InChI=1S/C16H14Cl2N2OS/c1-2-10-9-13(18)7-8-14(10)19-16(22)20-15(21)11-3-5-12(17)6-4-11/h3-9H,2H2,1H3,(H2,19,20,21,22). The second-order valence-electron chi connectivity index (χ2n) is 4.57. The molecule has 0 aliphatic heterocycles. The van der Waals surface area contributed by atoms with Crippen molar-refractivity contribution in [3.8, 4) is 0 Å². The van der Waals surface area contributed by atoms with Crippen LogP contribution < -0.4 is 10.6 Å². The zero-order valence-corrected chi connectivity index (χ0v) is 14.1. The summed E-state index contributed by atoms with van der Waals surface area (Å²) < 4.78 is 0.